The fourth-order valence-electron chi connectivity index (χ4n) is 1.59. The molecule has 0 unspecified atom stereocenters. The summed E-state index contributed by atoms with van der Waals surface area (Å²) in [4.78, 5) is 1.25. The van der Waals surface area contributed by atoms with E-state index < -0.39 is 0 Å². The molecule has 0 amide bonds. The summed E-state index contributed by atoms with van der Waals surface area (Å²) >= 11 is 1.74. The molecule has 0 aromatic heterocycles. The average molecular weight is 241 g/mol. The molecule has 2 aromatic rings. The first-order valence-corrected chi connectivity index (χ1v) is 6.67. The monoisotopic (exact) mass is 241 g/mol. The summed E-state index contributed by atoms with van der Waals surface area (Å²) < 4.78 is 0. The lowest BCUT2D eigenvalue weighted by Gasteiger charge is -2.10. The van der Waals surface area contributed by atoms with Gasteiger partial charge in [-0.25, -0.2) is 0 Å². The second-order valence-corrected chi connectivity index (χ2v) is 4.58. The van der Waals surface area contributed by atoms with Crippen LogP contribution < -0.4 is 5.32 Å². The number of thioether (sulfide) groups is 1. The third-order valence-electron chi connectivity index (χ3n) is 2.49. The Hall–Kier alpha value is -1.67. The summed E-state index contributed by atoms with van der Waals surface area (Å²) in [6.45, 7) is 4.06. The predicted octanol–water partition coefficient (Wildman–Crippen LogP) is 4.49. The lowest BCUT2D eigenvalue weighted by molar-refractivity contribution is 1.44. The van der Waals surface area contributed by atoms with Crippen LogP contribution in [0.2, 0.25) is 0 Å². The lowest BCUT2D eigenvalue weighted by Crippen LogP contribution is -1.96. The van der Waals surface area contributed by atoms with Gasteiger partial charge in [-0.15, -0.1) is 11.8 Å². The van der Waals surface area contributed by atoms with Gasteiger partial charge in [0.25, 0.3) is 0 Å². The predicted molar refractivity (Wildman–Crippen MR) is 77.3 cm³/mol. The molecule has 0 saturated heterocycles. The Morgan fingerprint density at radius 1 is 1.06 bits per heavy atom. The van der Waals surface area contributed by atoms with Gasteiger partial charge in [-0.1, -0.05) is 43.0 Å². The van der Waals surface area contributed by atoms with Crippen LogP contribution in [-0.4, -0.2) is 6.26 Å². The van der Waals surface area contributed by atoms with Crippen molar-refractivity contribution in [2.75, 3.05) is 11.6 Å². The van der Waals surface area contributed by atoms with E-state index in [-0.39, 0.29) is 0 Å². The van der Waals surface area contributed by atoms with Crippen molar-refractivity contribution in [2.24, 2.45) is 0 Å². The smallest absolute Gasteiger partial charge is 0.0395 e. The number of benzene rings is 2. The van der Waals surface area contributed by atoms with Gasteiger partial charge in [-0.05, 0) is 30.0 Å². The Bertz CT molecular complexity index is 505. The number of hydrogen-bond acceptors (Lipinski definition) is 2. The van der Waals surface area contributed by atoms with Gasteiger partial charge in [0.15, 0.2) is 0 Å². The summed E-state index contributed by atoms with van der Waals surface area (Å²) in [5.41, 5.74) is 3.11. The normalized spacial score (nSPS) is 9.94. The first kappa shape index (κ1) is 11.8. The van der Waals surface area contributed by atoms with Crippen LogP contribution in [0.15, 0.2) is 66.1 Å². The second kappa shape index (κ2) is 5.60. The Morgan fingerprint density at radius 3 is 2.53 bits per heavy atom. The molecule has 2 rings (SSSR count). The van der Waals surface area contributed by atoms with E-state index >= 15 is 0 Å². The zero-order valence-electron chi connectivity index (χ0n) is 9.81. The second-order valence-electron chi connectivity index (χ2n) is 3.70. The molecule has 0 heterocycles. The number of anilines is 1. The SMILES string of the molecule is C=C(Nc1cccc(SC)c1)c1ccccc1. The zero-order valence-corrected chi connectivity index (χ0v) is 10.6. The molecule has 0 aliphatic carbocycles. The van der Waals surface area contributed by atoms with E-state index in [1.807, 2.05) is 42.5 Å². The van der Waals surface area contributed by atoms with Crippen molar-refractivity contribution >= 4 is 23.1 Å². The minimum atomic E-state index is 0.920. The van der Waals surface area contributed by atoms with Crippen molar-refractivity contribution in [1.29, 1.82) is 0 Å². The molecule has 0 spiro atoms. The Labute approximate surface area is 107 Å². The zero-order chi connectivity index (χ0) is 12.1. The van der Waals surface area contributed by atoms with Gasteiger partial charge in [-0.2, -0.15) is 0 Å². The highest BCUT2D eigenvalue weighted by molar-refractivity contribution is 7.98. The van der Waals surface area contributed by atoms with Gasteiger partial charge in [0.1, 0.15) is 0 Å². The molecule has 0 radical (unpaired) electrons. The van der Waals surface area contributed by atoms with E-state index in [9.17, 15) is 0 Å². The average Bonchev–Trinajstić information content (AvgIpc) is 2.40. The van der Waals surface area contributed by atoms with Crippen molar-refractivity contribution in [3.05, 3.63) is 66.7 Å². The molecule has 0 fully saturated rings. The summed E-state index contributed by atoms with van der Waals surface area (Å²) in [7, 11) is 0. The van der Waals surface area contributed by atoms with Gasteiger partial charge in [0.2, 0.25) is 0 Å². The minimum absolute atomic E-state index is 0.920. The maximum atomic E-state index is 4.06. The first-order chi connectivity index (χ1) is 8.29. The highest BCUT2D eigenvalue weighted by Crippen LogP contribution is 2.22. The summed E-state index contributed by atoms with van der Waals surface area (Å²) in [5, 5.41) is 3.33. The minimum Gasteiger partial charge on any atom is -0.355 e. The quantitative estimate of drug-likeness (QED) is 0.791. The molecule has 0 bridgehead atoms. The third-order valence-corrected chi connectivity index (χ3v) is 3.21. The van der Waals surface area contributed by atoms with Crippen molar-refractivity contribution < 1.29 is 0 Å². The van der Waals surface area contributed by atoms with Crippen molar-refractivity contribution in [1.82, 2.24) is 0 Å². The molecule has 0 aliphatic rings. The highest BCUT2D eigenvalue weighted by atomic mass is 32.2. The third kappa shape index (κ3) is 3.14. The highest BCUT2D eigenvalue weighted by Gasteiger charge is 1.99. The Kier molecular flexibility index (Phi) is 3.89. The van der Waals surface area contributed by atoms with Crippen LogP contribution in [0.4, 0.5) is 5.69 Å². The topological polar surface area (TPSA) is 12.0 Å². The van der Waals surface area contributed by atoms with Crippen LogP contribution in [0.25, 0.3) is 5.70 Å². The Balaban J connectivity index is 2.13. The molecular weight excluding hydrogens is 226 g/mol. The number of nitrogens with one attached hydrogen (secondary N) is 1. The fourth-order valence-corrected chi connectivity index (χ4v) is 2.05. The molecule has 2 heteroatoms. The van der Waals surface area contributed by atoms with Gasteiger partial charge < -0.3 is 5.32 Å². The number of rotatable bonds is 4. The van der Waals surface area contributed by atoms with Crippen LogP contribution in [0, 0.1) is 0 Å². The van der Waals surface area contributed by atoms with Crippen molar-refractivity contribution in [3.8, 4) is 0 Å². The van der Waals surface area contributed by atoms with Gasteiger partial charge in [-0.3, -0.25) is 0 Å². The lowest BCUT2D eigenvalue weighted by atomic mass is 10.1. The standard InChI is InChI=1S/C15H15NS/c1-12(13-7-4-3-5-8-13)16-14-9-6-10-15(11-14)17-2/h3-11,16H,1H2,2H3. The van der Waals surface area contributed by atoms with Crippen LogP contribution in [0.3, 0.4) is 0 Å². The maximum absolute atomic E-state index is 4.06. The molecule has 0 aliphatic heterocycles. The van der Waals surface area contributed by atoms with E-state index in [4.69, 9.17) is 0 Å². The van der Waals surface area contributed by atoms with Crippen LogP contribution in [-0.2, 0) is 0 Å². The van der Waals surface area contributed by atoms with E-state index in [2.05, 4.69) is 30.3 Å². The molecule has 17 heavy (non-hydrogen) atoms. The van der Waals surface area contributed by atoms with Gasteiger partial charge in [0.05, 0.1) is 0 Å². The molecule has 1 N–H and O–H groups in total. The van der Waals surface area contributed by atoms with Gasteiger partial charge in [0, 0.05) is 16.3 Å². The van der Waals surface area contributed by atoms with Gasteiger partial charge >= 0.3 is 0 Å². The van der Waals surface area contributed by atoms with Crippen molar-refractivity contribution in [2.45, 2.75) is 4.90 Å². The Morgan fingerprint density at radius 2 is 1.82 bits per heavy atom. The summed E-state index contributed by atoms with van der Waals surface area (Å²) in [6.07, 6.45) is 2.07. The molecule has 2 aromatic carbocycles. The molecular formula is C15H15NS. The largest absolute Gasteiger partial charge is 0.355 e. The van der Waals surface area contributed by atoms with E-state index in [0.29, 0.717) is 0 Å². The van der Waals surface area contributed by atoms with E-state index in [1.54, 1.807) is 11.8 Å². The molecule has 0 atom stereocenters. The fraction of sp³-hybridized carbons (Fsp3) is 0.0667. The molecule has 0 saturated carbocycles. The first-order valence-electron chi connectivity index (χ1n) is 5.45. The molecule has 1 nitrogen and oxygen atoms in total. The van der Waals surface area contributed by atoms with Crippen LogP contribution in [0.1, 0.15) is 5.56 Å². The maximum Gasteiger partial charge on any atom is 0.0395 e. The van der Waals surface area contributed by atoms with Crippen LogP contribution >= 0.6 is 11.8 Å². The van der Waals surface area contributed by atoms with E-state index in [0.717, 1.165) is 16.9 Å². The van der Waals surface area contributed by atoms with Crippen LogP contribution in [0.5, 0.6) is 0 Å². The van der Waals surface area contributed by atoms with E-state index in [1.165, 1.54) is 4.90 Å². The summed E-state index contributed by atoms with van der Waals surface area (Å²) in [5.74, 6) is 0. The van der Waals surface area contributed by atoms with Crippen molar-refractivity contribution in [3.63, 3.8) is 0 Å². The molecule has 86 valence electrons. The number of hydrogen-bond donors (Lipinski definition) is 1. The summed E-state index contributed by atoms with van der Waals surface area (Å²) in [6, 6.07) is 18.5.